The van der Waals surface area contributed by atoms with Crippen LogP contribution in [0.3, 0.4) is 0 Å². The van der Waals surface area contributed by atoms with Gasteiger partial charge in [0.25, 0.3) is 0 Å². The zero-order valence-electron chi connectivity index (χ0n) is 6.56. The van der Waals surface area contributed by atoms with Crippen molar-refractivity contribution in [2.45, 2.75) is 19.9 Å². The Labute approximate surface area is 79.9 Å². The lowest BCUT2D eigenvalue weighted by Crippen LogP contribution is -2.12. The Kier molecular flexibility index (Phi) is 4.12. The summed E-state index contributed by atoms with van der Waals surface area (Å²) < 4.78 is 1.21. The lowest BCUT2D eigenvalue weighted by Gasteiger charge is -1.98. The van der Waals surface area contributed by atoms with Gasteiger partial charge in [-0.3, -0.25) is 0 Å². The van der Waals surface area contributed by atoms with Crippen LogP contribution >= 0.6 is 27.3 Å². The first-order chi connectivity index (χ1) is 5.33. The molecule has 11 heavy (non-hydrogen) atoms. The van der Waals surface area contributed by atoms with Gasteiger partial charge in [-0.25, -0.2) is 0 Å². The molecule has 0 fully saturated rings. The minimum absolute atomic E-state index is 0.996. The molecule has 0 aliphatic rings. The van der Waals surface area contributed by atoms with Gasteiger partial charge in [0.05, 0.1) is 3.79 Å². The van der Waals surface area contributed by atoms with Gasteiger partial charge < -0.3 is 5.32 Å². The summed E-state index contributed by atoms with van der Waals surface area (Å²) in [5, 5.41) is 5.52. The van der Waals surface area contributed by atoms with E-state index in [-0.39, 0.29) is 0 Å². The van der Waals surface area contributed by atoms with Crippen molar-refractivity contribution < 1.29 is 0 Å². The van der Waals surface area contributed by atoms with Gasteiger partial charge in [0.2, 0.25) is 0 Å². The van der Waals surface area contributed by atoms with E-state index in [2.05, 4.69) is 39.6 Å². The van der Waals surface area contributed by atoms with Gasteiger partial charge in [-0.2, -0.15) is 0 Å². The first-order valence-corrected chi connectivity index (χ1v) is 5.44. The quantitative estimate of drug-likeness (QED) is 0.789. The van der Waals surface area contributed by atoms with E-state index in [9.17, 15) is 0 Å². The predicted molar refractivity (Wildman–Crippen MR) is 54.0 cm³/mol. The zero-order chi connectivity index (χ0) is 8.10. The monoisotopic (exact) mass is 233 g/mol. The van der Waals surface area contributed by atoms with Crippen LogP contribution in [0.5, 0.6) is 0 Å². The second-order valence-electron chi connectivity index (χ2n) is 2.44. The van der Waals surface area contributed by atoms with Crippen LogP contribution in [-0.2, 0) is 6.54 Å². The van der Waals surface area contributed by atoms with Gasteiger partial charge in [-0.05, 0) is 45.9 Å². The summed E-state index contributed by atoms with van der Waals surface area (Å²) in [5.74, 6) is 0. The fourth-order valence-electron chi connectivity index (χ4n) is 0.848. The third-order valence-electron chi connectivity index (χ3n) is 1.38. The third kappa shape index (κ3) is 3.36. The molecule has 1 aromatic rings. The summed E-state index contributed by atoms with van der Waals surface area (Å²) in [6.45, 7) is 4.28. The molecule has 0 aromatic carbocycles. The Balaban J connectivity index is 2.27. The number of nitrogens with one attached hydrogen (secondary N) is 1. The molecule has 0 saturated heterocycles. The van der Waals surface area contributed by atoms with E-state index in [0.717, 1.165) is 13.1 Å². The minimum atomic E-state index is 0.996. The van der Waals surface area contributed by atoms with Crippen molar-refractivity contribution in [2.75, 3.05) is 6.54 Å². The van der Waals surface area contributed by atoms with E-state index in [1.807, 2.05) is 0 Å². The molecule has 0 aliphatic carbocycles. The molecule has 0 atom stereocenters. The highest BCUT2D eigenvalue weighted by Crippen LogP contribution is 2.20. The topological polar surface area (TPSA) is 12.0 Å². The van der Waals surface area contributed by atoms with E-state index >= 15 is 0 Å². The molecule has 0 radical (unpaired) electrons. The summed E-state index contributed by atoms with van der Waals surface area (Å²) in [4.78, 5) is 0. The van der Waals surface area contributed by atoms with Gasteiger partial charge in [0.15, 0.2) is 0 Å². The number of hydrogen-bond donors (Lipinski definition) is 1. The van der Waals surface area contributed by atoms with Crippen molar-refractivity contribution in [1.29, 1.82) is 0 Å². The second kappa shape index (κ2) is 4.91. The van der Waals surface area contributed by atoms with Crippen molar-refractivity contribution in [3.05, 3.63) is 20.8 Å². The molecular weight excluding hydrogens is 222 g/mol. The van der Waals surface area contributed by atoms with Gasteiger partial charge in [0, 0.05) is 6.54 Å². The maximum Gasteiger partial charge on any atom is 0.0701 e. The highest BCUT2D eigenvalue weighted by molar-refractivity contribution is 9.11. The van der Waals surface area contributed by atoms with E-state index in [4.69, 9.17) is 0 Å². The zero-order valence-corrected chi connectivity index (χ0v) is 8.96. The molecule has 3 heteroatoms. The van der Waals surface area contributed by atoms with E-state index in [1.165, 1.54) is 15.8 Å². The molecule has 0 unspecified atom stereocenters. The average molecular weight is 234 g/mol. The number of thiophene rings is 1. The first-order valence-electron chi connectivity index (χ1n) is 3.76. The lowest BCUT2D eigenvalue weighted by atomic mass is 10.3. The molecule has 1 heterocycles. The Hall–Kier alpha value is 0.140. The van der Waals surface area contributed by atoms with Gasteiger partial charge in [-0.1, -0.05) is 6.92 Å². The highest BCUT2D eigenvalue weighted by atomic mass is 79.9. The van der Waals surface area contributed by atoms with Crippen molar-refractivity contribution in [3.63, 3.8) is 0 Å². The lowest BCUT2D eigenvalue weighted by molar-refractivity contribution is 0.676. The summed E-state index contributed by atoms with van der Waals surface area (Å²) in [5.41, 5.74) is 1.37. The van der Waals surface area contributed by atoms with E-state index < -0.39 is 0 Å². The van der Waals surface area contributed by atoms with Crippen LogP contribution < -0.4 is 5.32 Å². The standard InChI is InChI=1S/C8H12BrNS/c1-2-3-10-5-7-4-8(9)11-6-7/h4,6,10H,2-3,5H2,1H3. The predicted octanol–water partition coefficient (Wildman–Crippen LogP) is 3.01. The molecule has 1 N–H and O–H groups in total. The van der Waals surface area contributed by atoms with Crippen LogP contribution in [0.25, 0.3) is 0 Å². The van der Waals surface area contributed by atoms with Gasteiger partial charge in [-0.15, -0.1) is 11.3 Å². The molecular formula is C8H12BrNS. The van der Waals surface area contributed by atoms with Crippen LogP contribution in [0.15, 0.2) is 15.2 Å². The second-order valence-corrected chi connectivity index (χ2v) is 4.73. The number of rotatable bonds is 4. The maximum absolute atomic E-state index is 3.43. The van der Waals surface area contributed by atoms with Crippen molar-refractivity contribution in [2.24, 2.45) is 0 Å². The molecule has 62 valence electrons. The molecule has 0 saturated carbocycles. The Morgan fingerprint density at radius 1 is 1.64 bits per heavy atom. The first kappa shape index (κ1) is 9.23. The molecule has 0 spiro atoms. The summed E-state index contributed by atoms with van der Waals surface area (Å²) >= 11 is 5.17. The summed E-state index contributed by atoms with van der Waals surface area (Å²) in [7, 11) is 0. The van der Waals surface area contributed by atoms with Crippen molar-refractivity contribution in [1.82, 2.24) is 5.32 Å². The average Bonchev–Trinajstić information content (AvgIpc) is 2.37. The summed E-state index contributed by atoms with van der Waals surface area (Å²) in [6, 6.07) is 2.16. The molecule has 0 bridgehead atoms. The van der Waals surface area contributed by atoms with Crippen LogP contribution in [0.4, 0.5) is 0 Å². The molecule has 0 aliphatic heterocycles. The molecule has 1 rings (SSSR count). The molecule has 1 nitrogen and oxygen atoms in total. The molecule has 1 aromatic heterocycles. The van der Waals surface area contributed by atoms with Crippen LogP contribution in [0.2, 0.25) is 0 Å². The normalized spacial score (nSPS) is 10.4. The van der Waals surface area contributed by atoms with E-state index in [0.29, 0.717) is 0 Å². The minimum Gasteiger partial charge on any atom is -0.313 e. The Morgan fingerprint density at radius 2 is 2.45 bits per heavy atom. The molecule has 0 amide bonds. The fraction of sp³-hybridized carbons (Fsp3) is 0.500. The van der Waals surface area contributed by atoms with Gasteiger partial charge >= 0.3 is 0 Å². The van der Waals surface area contributed by atoms with E-state index in [1.54, 1.807) is 11.3 Å². The maximum atomic E-state index is 3.43. The van der Waals surface area contributed by atoms with Crippen LogP contribution in [-0.4, -0.2) is 6.54 Å². The largest absolute Gasteiger partial charge is 0.313 e. The Bertz CT molecular complexity index is 210. The Morgan fingerprint density at radius 3 is 3.00 bits per heavy atom. The van der Waals surface area contributed by atoms with Gasteiger partial charge in [0.1, 0.15) is 0 Å². The van der Waals surface area contributed by atoms with Crippen LogP contribution in [0.1, 0.15) is 18.9 Å². The number of halogens is 1. The third-order valence-corrected chi connectivity index (χ3v) is 2.93. The SMILES string of the molecule is CCCNCc1csc(Br)c1. The summed E-state index contributed by atoms with van der Waals surface area (Å²) in [6.07, 6.45) is 1.20. The smallest absolute Gasteiger partial charge is 0.0701 e. The van der Waals surface area contributed by atoms with Crippen LogP contribution in [0, 0.1) is 0 Å². The van der Waals surface area contributed by atoms with Crippen molar-refractivity contribution >= 4 is 27.3 Å². The van der Waals surface area contributed by atoms with Crippen molar-refractivity contribution in [3.8, 4) is 0 Å². The number of hydrogen-bond acceptors (Lipinski definition) is 2. The fourth-order valence-corrected chi connectivity index (χ4v) is 2.06. The highest BCUT2D eigenvalue weighted by Gasteiger charge is 1.94.